The molecule has 1 N–H and O–H groups in total. The molecule has 1 rings (SSSR count). The average molecular weight is 363 g/mol. The van der Waals surface area contributed by atoms with Crippen molar-refractivity contribution in [1.82, 2.24) is 0 Å². The summed E-state index contributed by atoms with van der Waals surface area (Å²) in [5.74, 6) is -0.0351. The molecule has 0 fully saturated rings. The predicted octanol–water partition coefficient (Wildman–Crippen LogP) is 2.59. The second-order valence-corrected chi connectivity index (χ2v) is 5.03. The van der Waals surface area contributed by atoms with Crippen molar-refractivity contribution in [2.24, 2.45) is 0 Å². The van der Waals surface area contributed by atoms with Gasteiger partial charge in [-0.1, -0.05) is 6.07 Å². The third-order valence-electron chi connectivity index (χ3n) is 2.36. The highest BCUT2D eigenvalue weighted by Crippen LogP contribution is 2.17. The van der Waals surface area contributed by atoms with Crippen LogP contribution in [0.25, 0.3) is 0 Å². The first-order valence-electron chi connectivity index (χ1n) is 5.76. The summed E-state index contributed by atoms with van der Waals surface area (Å²) in [6, 6.07) is 5.85. The second-order valence-electron chi connectivity index (χ2n) is 3.87. The van der Waals surface area contributed by atoms with Crippen molar-refractivity contribution in [3.8, 4) is 0 Å². The Hall–Kier alpha value is -0.660. The van der Waals surface area contributed by atoms with E-state index < -0.39 is 0 Å². The van der Waals surface area contributed by atoms with Crippen LogP contribution in [0.2, 0.25) is 0 Å². The molecule has 0 spiro atoms. The van der Waals surface area contributed by atoms with Crippen LogP contribution in [0.3, 0.4) is 0 Å². The number of methoxy groups -OCH3 is 1. The Bertz CT molecular complexity index is 396. The number of carbonyl (C=O) groups is 1. The Labute approximate surface area is 121 Å². The van der Waals surface area contributed by atoms with Crippen LogP contribution in [0.1, 0.15) is 12.0 Å². The molecule has 0 saturated heterocycles. The van der Waals surface area contributed by atoms with E-state index in [0.717, 1.165) is 9.26 Å². The summed E-state index contributed by atoms with van der Waals surface area (Å²) in [5.41, 5.74) is 2.03. The highest BCUT2D eigenvalue weighted by molar-refractivity contribution is 14.1. The second kappa shape index (κ2) is 8.44. The molecule has 1 aromatic rings. The lowest BCUT2D eigenvalue weighted by Gasteiger charge is -2.07. The molecule has 0 saturated carbocycles. The Balaban J connectivity index is 2.29. The van der Waals surface area contributed by atoms with Crippen molar-refractivity contribution in [2.45, 2.75) is 13.3 Å². The quantitative estimate of drug-likeness (QED) is 0.599. The van der Waals surface area contributed by atoms with E-state index in [0.29, 0.717) is 26.2 Å². The fraction of sp³-hybridized carbons (Fsp3) is 0.462. The number of aryl methyl sites for hydroxylation is 1. The number of amides is 1. The van der Waals surface area contributed by atoms with Gasteiger partial charge in [-0.3, -0.25) is 4.79 Å². The van der Waals surface area contributed by atoms with E-state index in [4.69, 9.17) is 9.47 Å². The largest absolute Gasteiger partial charge is 0.382 e. The van der Waals surface area contributed by atoms with Crippen molar-refractivity contribution >= 4 is 34.2 Å². The molecule has 5 heteroatoms. The molecule has 0 radical (unpaired) electrons. The topological polar surface area (TPSA) is 47.6 Å². The molecule has 18 heavy (non-hydrogen) atoms. The highest BCUT2D eigenvalue weighted by atomic mass is 127. The van der Waals surface area contributed by atoms with E-state index in [1.165, 1.54) is 5.56 Å². The molecular formula is C13H18INO3. The molecule has 0 aliphatic heterocycles. The van der Waals surface area contributed by atoms with Crippen LogP contribution in [0.5, 0.6) is 0 Å². The summed E-state index contributed by atoms with van der Waals surface area (Å²) < 4.78 is 11.2. The molecule has 0 aromatic heterocycles. The van der Waals surface area contributed by atoms with Gasteiger partial charge in [-0.05, 0) is 47.2 Å². The van der Waals surface area contributed by atoms with Crippen molar-refractivity contribution in [3.63, 3.8) is 0 Å². The van der Waals surface area contributed by atoms with Crippen LogP contribution in [0.15, 0.2) is 18.2 Å². The lowest BCUT2D eigenvalue weighted by Crippen LogP contribution is -2.15. The maximum Gasteiger partial charge on any atom is 0.226 e. The Kier molecular flexibility index (Phi) is 7.22. The summed E-state index contributed by atoms with van der Waals surface area (Å²) in [4.78, 5) is 11.6. The number of hydrogen-bond donors (Lipinski definition) is 1. The fourth-order valence-corrected chi connectivity index (χ4v) is 1.82. The Morgan fingerprint density at radius 1 is 1.33 bits per heavy atom. The van der Waals surface area contributed by atoms with Gasteiger partial charge in [0, 0.05) is 16.4 Å². The molecular weight excluding hydrogens is 345 g/mol. The minimum Gasteiger partial charge on any atom is -0.382 e. The third-order valence-corrected chi connectivity index (χ3v) is 3.52. The molecule has 0 atom stereocenters. The zero-order valence-corrected chi connectivity index (χ0v) is 12.8. The van der Waals surface area contributed by atoms with Crippen LogP contribution in [-0.4, -0.2) is 32.8 Å². The SMILES string of the molecule is COCCOCCC(=O)Nc1ccc(C)c(I)c1. The van der Waals surface area contributed by atoms with E-state index in [-0.39, 0.29) is 5.91 Å². The Morgan fingerprint density at radius 3 is 2.78 bits per heavy atom. The number of ether oxygens (including phenoxy) is 2. The van der Waals surface area contributed by atoms with Gasteiger partial charge >= 0.3 is 0 Å². The first-order chi connectivity index (χ1) is 8.63. The van der Waals surface area contributed by atoms with E-state index in [1.807, 2.05) is 25.1 Å². The number of nitrogens with one attached hydrogen (secondary N) is 1. The van der Waals surface area contributed by atoms with Crippen LogP contribution >= 0.6 is 22.6 Å². The first kappa shape index (κ1) is 15.4. The number of rotatable bonds is 7. The summed E-state index contributed by atoms with van der Waals surface area (Å²) in [7, 11) is 1.62. The van der Waals surface area contributed by atoms with Crippen LogP contribution in [0, 0.1) is 10.5 Å². The molecule has 0 aliphatic carbocycles. The normalized spacial score (nSPS) is 10.4. The zero-order valence-electron chi connectivity index (χ0n) is 10.7. The van der Waals surface area contributed by atoms with Gasteiger partial charge in [0.1, 0.15) is 0 Å². The van der Waals surface area contributed by atoms with E-state index in [1.54, 1.807) is 7.11 Å². The minimum atomic E-state index is -0.0351. The van der Waals surface area contributed by atoms with Gasteiger partial charge in [-0.15, -0.1) is 0 Å². The van der Waals surface area contributed by atoms with Crippen LogP contribution in [0.4, 0.5) is 5.69 Å². The molecule has 0 aliphatic rings. The van der Waals surface area contributed by atoms with Crippen molar-refractivity contribution in [1.29, 1.82) is 0 Å². The number of hydrogen-bond acceptors (Lipinski definition) is 3. The van der Waals surface area contributed by atoms with Crippen LogP contribution < -0.4 is 5.32 Å². The number of halogens is 1. The van der Waals surface area contributed by atoms with Gasteiger partial charge in [-0.25, -0.2) is 0 Å². The van der Waals surface area contributed by atoms with Gasteiger partial charge in [0.2, 0.25) is 5.91 Å². The van der Waals surface area contributed by atoms with E-state index in [9.17, 15) is 4.79 Å². The third kappa shape index (κ3) is 5.79. The van der Waals surface area contributed by atoms with Gasteiger partial charge in [0.15, 0.2) is 0 Å². The standard InChI is InChI=1S/C13H18INO3/c1-10-3-4-11(9-12(10)14)15-13(16)5-6-18-8-7-17-2/h3-4,9H,5-8H2,1-2H3,(H,15,16). The number of benzene rings is 1. The van der Waals surface area contributed by atoms with Crippen molar-refractivity contribution in [2.75, 3.05) is 32.2 Å². The van der Waals surface area contributed by atoms with Gasteiger partial charge < -0.3 is 14.8 Å². The molecule has 0 bridgehead atoms. The smallest absolute Gasteiger partial charge is 0.226 e. The molecule has 1 aromatic carbocycles. The van der Waals surface area contributed by atoms with E-state index in [2.05, 4.69) is 27.9 Å². The highest BCUT2D eigenvalue weighted by Gasteiger charge is 2.03. The van der Waals surface area contributed by atoms with Gasteiger partial charge in [0.25, 0.3) is 0 Å². The number of anilines is 1. The first-order valence-corrected chi connectivity index (χ1v) is 6.84. The fourth-order valence-electron chi connectivity index (χ4n) is 1.30. The molecule has 1 amide bonds. The molecule has 0 heterocycles. The monoisotopic (exact) mass is 363 g/mol. The van der Waals surface area contributed by atoms with Gasteiger partial charge in [-0.2, -0.15) is 0 Å². The molecule has 100 valence electrons. The Morgan fingerprint density at radius 2 is 2.11 bits per heavy atom. The van der Waals surface area contributed by atoms with Crippen molar-refractivity contribution in [3.05, 3.63) is 27.3 Å². The summed E-state index contributed by atoms with van der Waals surface area (Å²) in [5, 5.41) is 2.85. The summed E-state index contributed by atoms with van der Waals surface area (Å²) >= 11 is 2.25. The lowest BCUT2D eigenvalue weighted by molar-refractivity contribution is -0.117. The zero-order chi connectivity index (χ0) is 13.4. The summed E-state index contributed by atoms with van der Waals surface area (Å²) in [6.45, 7) is 3.53. The summed E-state index contributed by atoms with van der Waals surface area (Å²) in [6.07, 6.45) is 0.355. The number of carbonyl (C=O) groups excluding carboxylic acids is 1. The average Bonchev–Trinajstić information content (AvgIpc) is 2.34. The maximum atomic E-state index is 11.6. The predicted molar refractivity (Wildman–Crippen MR) is 79.8 cm³/mol. The lowest BCUT2D eigenvalue weighted by atomic mass is 10.2. The maximum absolute atomic E-state index is 11.6. The molecule has 4 nitrogen and oxygen atoms in total. The van der Waals surface area contributed by atoms with Crippen LogP contribution in [-0.2, 0) is 14.3 Å². The van der Waals surface area contributed by atoms with Gasteiger partial charge in [0.05, 0.1) is 26.2 Å². The van der Waals surface area contributed by atoms with E-state index >= 15 is 0 Å². The minimum absolute atomic E-state index is 0.0351. The molecule has 0 unspecified atom stereocenters. The van der Waals surface area contributed by atoms with Crippen molar-refractivity contribution < 1.29 is 14.3 Å².